The molecule has 0 saturated heterocycles. The Bertz CT molecular complexity index is 819. The number of rotatable bonds is 5. The zero-order valence-corrected chi connectivity index (χ0v) is 19.8. The van der Waals surface area contributed by atoms with E-state index in [1.165, 1.54) is 17.7 Å². The molecular formula is C25H35F3N2O2. The fourth-order valence-electron chi connectivity index (χ4n) is 3.77. The average molecular weight is 453 g/mol. The van der Waals surface area contributed by atoms with Crippen LogP contribution in [0.25, 0.3) is 0 Å². The standard InChI is InChI=1S/C22H25F3N2O.C2H6.CH4O/c1-15(14-17-4-10-20(28-3)11-5-17)21-12-13-27(26-16(21)2)19-8-6-18(7-9-19)22(23,24)25;2*1-2/h4-11,15,21H,12-14H2,1-3H3;1-2H3;2H,1H3. The Morgan fingerprint density at radius 1 is 1.06 bits per heavy atom. The minimum atomic E-state index is -4.32. The summed E-state index contributed by atoms with van der Waals surface area (Å²) in [6, 6.07) is 13.3. The molecule has 1 N–H and O–H groups in total. The number of ether oxygens (including phenoxy) is 1. The van der Waals surface area contributed by atoms with Crippen LogP contribution >= 0.6 is 0 Å². The number of halogens is 3. The third-order valence-electron chi connectivity index (χ3n) is 5.36. The quantitative estimate of drug-likeness (QED) is 0.569. The molecule has 4 nitrogen and oxygen atoms in total. The highest BCUT2D eigenvalue weighted by atomic mass is 19.4. The van der Waals surface area contributed by atoms with Gasteiger partial charge in [0.05, 0.1) is 18.4 Å². The van der Waals surface area contributed by atoms with E-state index >= 15 is 0 Å². The number of hydrazone groups is 1. The molecule has 0 aromatic heterocycles. The first kappa shape index (κ1) is 27.5. The Morgan fingerprint density at radius 2 is 1.62 bits per heavy atom. The monoisotopic (exact) mass is 452 g/mol. The van der Waals surface area contributed by atoms with Crippen molar-refractivity contribution in [3.8, 4) is 5.75 Å². The number of methoxy groups -OCH3 is 1. The highest BCUT2D eigenvalue weighted by Crippen LogP contribution is 2.32. The van der Waals surface area contributed by atoms with Crippen molar-refractivity contribution in [2.45, 2.75) is 46.7 Å². The summed E-state index contributed by atoms with van der Waals surface area (Å²) in [7, 11) is 2.65. The van der Waals surface area contributed by atoms with Gasteiger partial charge in [-0.3, -0.25) is 5.01 Å². The molecule has 0 aliphatic carbocycles. The van der Waals surface area contributed by atoms with E-state index in [0.29, 0.717) is 24.1 Å². The average Bonchev–Trinajstić information content (AvgIpc) is 2.81. The molecule has 178 valence electrons. The van der Waals surface area contributed by atoms with E-state index in [1.807, 2.05) is 32.9 Å². The number of hydrogen-bond acceptors (Lipinski definition) is 4. The van der Waals surface area contributed by atoms with Crippen molar-refractivity contribution in [1.82, 2.24) is 0 Å². The van der Waals surface area contributed by atoms with E-state index in [9.17, 15) is 13.2 Å². The lowest BCUT2D eigenvalue weighted by molar-refractivity contribution is -0.137. The lowest BCUT2D eigenvalue weighted by atomic mass is 9.82. The van der Waals surface area contributed by atoms with Crippen LogP contribution in [0.15, 0.2) is 53.6 Å². The normalized spacial score (nSPS) is 16.6. The minimum Gasteiger partial charge on any atom is -0.497 e. The van der Waals surface area contributed by atoms with Crippen molar-refractivity contribution in [3.63, 3.8) is 0 Å². The highest BCUT2D eigenvalue weighted by Gasteiger charge is 2.31. The molecule has 0 saturated carbocycles. The second-order valence-corrected chi connectivity index (χ2v) is 7.33. The molecule has 3 rings (SSSR count). The number of anilines is 1. The summed E-state index contributed by atoms with van der Waals surface area (Å²) >= 11 is 0. The zero-order valence-electron chi connectivity index (χ0n) is 19.8. The molecule has 0 radical (unpaired) electrons. The third kappa shape index (κ3) is 7.55. The topological polar surface area (TPSA) is 45.1 Å². The summed E-state index contributed by atoms with van der Waals surface area (Å²) in [4.78, 5) is 0. The largest absolute Gasteiger partial charge is 0.497 e. The van der Waals surface area contributed by atoms with Gasteiger partial charge in [-0.05, 0) is 67.6 Å². The van der Waals surface area contributed by atoms with Gasteiger partial charge in [0.25, 0.3) is 0 Å². The van der Waals surface area contributed by atoms with Crippen molar-refractivity contribution < 1.29 is 23.0 Å². The Labute approximate surface area is 189 Å². The number of nitrogens with zero attached hydrogens (tertiary/aromatic N) is 2. The molecule has 1 aliphatic heterocycles. The van der Waals surface area contributed by atoms with E-state index in [2.05, 4.69) is 24.2 Å². The predicted molar refractivity (Wildman–Crippen MR) is 125 cm³/mol. The fraction of sp³-hybridized carbons (Fsp3) is 0.480. The lowest BCUT2D eigenvalue weighted by Gasteiger charge is -2.33. The summed E-state index contributed by atoms with van der Waals surface area (Å²) in [5.74, 6) is 1.62. The van der Waals surface area contributed by atoms with Crippen LogP contribution < -0.4 is 9.75 Å². The van der Waals surface area contributed by atoms with Crippen molar-refractivity contribution in [1.29, 1.82) is 0 Å². The van der Waals surface area contributed by atoms with Crippen molar-refractivity contribution in [2.24, 2.45) is 16.9 Å². The number of hydrogen-bond donors (Lipinski definition) is 1. The van der Waals surface area contributed by atoms with Crippen LogP contribution in [0, 0.1) is 11.8 Å². The molecule has 2 aromatic rings. The smallest absolute Gasteiger partial charge is 0.416 e. The number of alkyl halides is 3. The summed E-state index contributed by atoms with van der Waals surface area (Å²) in [6.45, 7) is 8.92. The first-order chi connectivity index (χ1) is 15.3. The van der Waals surface area contributed by atoms with Gasteiger partial charge in [0.1, 0.15) is 5.75 Å². The van der Waals surface area contributed by atoms with Gasteiger partial charge >= 0.3 is 6.18 Å². The maximum Gasteiger partial charge on any atom is 0.416 e. The first-order valence-corrected chi connectivity index (χ1v) is 10.9. The number of aliphatic hydroxyl groups excluding tert-OH is 1. The van der Waals surface area contributed by atoms with Crippen LogP contribution in [-0.2, 0) is 12.6 Å². The molecule has 1 heterocycles. The summed E-state index contributed by atoms with van der Waals surface area (Å²) in [5, 5.41) is 13.5. The second kappa shape index (κ2) is 13.1. The third-order valence-corrected chi connectivity index (χ3v) is 5.36. The maximum atomic E-state index is 12.7. The lowest BCUT2D eigenvalue weighted by Crippen LogP contribution is -2.34. The molecule has 2 atom stereocenters. The molecule has 0 fully saturated rings. The zero-order chi connectivity index (χ0) is 24.3. The molecule has 32 heavy (non-hydrogen) atoms. The highest BCUT2D eigenvalue weighted by molar-refractivity contribution is 5.86. The van der Waals surface area contributed by atoms with E-state index < -0.39 is 11.7 Å². The van der Waals surface area contributed by atoms with Crippen LogP contribution in [0.2, 0.25) is 0 Å². The number of aliphatic hydroxyl groups is 1. The Hall–Kier alpha value is -2.54. The SMILES string of the molecule is CC.CO.COc1ccc(CC(C)C2CCN(c3ccc(C(F)(F)F)cc3)N=C2C)cc1. The van der Waals surface area contributed by atoms with Crippen molar-refractivity contribution in [2.75, 3.05) is 25.8 Å². The van der Waals surface area contributed by atoms with Crippen molar-refractivity contribution in [3.05, 3.63) is 59.7 Å². The van der Waals surface area contributed by atoms with Gasteiger partial charge in [0.2, 0.25) is 0 Å². The predicted octanol–water partition coefficient (Wildman–Crippen LogP) is 6.43. The minimum absolute atomic E-state index is 0.354. The molecule has 0 amide bonds. The Morgan fingerprint density at radius 3 is 2.09 bits per heavy atom. The Kier molecular flexibility index (Phi) is 11.3. The summed E-state index contributed by atoms with van der Waals surface area (Å²) in [5.41, 5.74) is 2.33. The molecule has 1 aliphatic rings. The summed E-state index contributed by atoms with van der Waals surface area (Å²) in [6.07, 6.45) is -2.45. The maximum absolute atomic E-state index is 12.7. The van der Waals surface area contributed by atoms with Crippen LogP contribution in [0.4, 0.5) is 18.9 Å². The van der Waals surface area contributed by atoms with Gasteiger partial charge in [-0.1, -0.05) is 32.9 Å². The van der Waals surface area contributed by atoms with Gasteiger partial charge in [-0.2, -0.15) is 18.3 Å². The first-order valence-electron chi connectivity index (χ1n) is 10.9. The van der Waals surface area contributed by atoms with Gasteiger partial charge < -0.3 is 9.84 Å². The molecule has 7 heteroatoms. The van der Waals surface area contributed by atoms with Gasteiger partial charge in [0, 0.05) is 25.3 Å². The molecular weight excluding hydrogens is 417 g/mol. The fourth-order valence-corrected chi connectivity index (χ4v) is 3.77. The van der Waals surface area contributed by atoms with Crippen molar-refractivity contribution >= 4 is 11.4 Å². The van der Waals surface area contributed by atoms with Gasteiger partial charge in [-0.25, -0.2) is 0 Å². The molecule has 2 unspecified atom stereocenters. The van der Waals surface area contributed by atoms with E-state index in [1.54, 1.807) is 12.1 Å². The molecule has 0 bridgehead atoms. The van der Waals surface area contributed by atoms with Crippen LogP contribution in [0.3, 0.4) is 0 Å². The van der Waals surface area contributed by atoms with Gasteiger partial charge in [0.15, 0.2) is 0 Å². The van der Waals surface area contributed by atoms with E-state index in [-0.39, 0.29) is 0 Å². The van der Waals surface area contributed by atoms with Crippen LogP contribution in [-0.4, -0.2) is 31.6 Å². The van der Waals surface area contributed by atoms with Crippen LogP contribution in [0.5, 0.6) is 5.75 Å². The Balaban J connectivity index is 0.00000121. The summed E-state index contributed by atoms with van der Waals surface area (Å²) < 4.78 is 43.4. The van der Waals surface area contributed by atoms with Gasteiger partial charge in [-0.15, -0.1) is 0 Å². The van der Waals surface area contributed by atoms with E-state index in [0.717, 1.165) is 43.5 Å². The van der Waals surface area contributed by atoms with Crippen LogP contribution in [0.1, 0.15) is 45.2 Å². The molecule has 0 spiro atoms. The molecule has 2 aromatic carbocycles. The van der Waals surface area contributed by atoms with E-state index in [4.69, 9.17) is 9.84 Å². The second-order valence-electron chi connectivity index (χ2n) is 7.33. The number of benzene rings is 2.